The smallest absolute Gasteiger partial charge is 0.303 e. The molecule has 0 aromatic rings. The van der Waals surface area contributed by atoms with Gasteiger partial charge in [-0.05, 0) is 0 Å². The Labute approximate surface area is 85.9 Å². The Bertz CT molecular complexity index is 231. The molecule has 88 valence electrons. The lowest BCUT2D eigenvalue weighted by Crippen LogP contribution is -2.59. The predicted octanol–water partition coefficient (Wildman–Crippen LogP) is -2.65. The van der Waals surface area contributed by atoms with Crippen molar-refractivity contribution in [3.8, 4) is 0 Å². The molecule has 0 radical (unpaired) electrons. The van der Waals surface area contributed by atoms with Crippen molar-refractivity contribution in [2.75, 3.05) is 6.61 Å². The third-order valence-corrected chi connectivity index (χ3v) is 2.14. The van der Waals surface area contributed by atoms with Crippen molar-refractivity contribution in [1.82, 2.24) is 0 Å². The number of aliphatic hydroxyl groups excluding tert-OH is 4. The van der Waals surface area contributed by atoms with Crippen LogP contribution in [0, 0.1) is 0 Å². The second-order valence-corrected chi connectivity index (χ2v) is 3.30. The maximum atomic E-state index is 10.7. The number of rotatable bonds is 2. The Hall–Kier alpha value is -0.730. The molecule has 0 saturated carbocycles. The highest BCUT2D eigenvalue weighted by Crippen LogP contribution is 2.22. The second-order valence-electron chi connectivity index (χ2n) is 3.30. The molecule has 1 saturated heterocycles. The Balaban J connectivity index is 2.74. The zero-order valence-corrected chi connectivity index (χ0v) is 8.11. The molecule has 1 aliphatic heterocycles. The minimum atomic E-state index is -1.60. The number of hydrogen-bond acceptors (Lipinski definition) is 7. The summed E-state index contributed by atoms with van der Waals surface area (Å²) in [5.41, 5.74) is 0. The van der Waals surface area contributed by atoms with Gasteiger partial charge in [-0.25, -0.2) is 0 Å². The third-order valence-electron chi connectivity index (χ3n) is 2.14. The molecule has 1 fully saturated rings. The molecule has 0 bridgehead atoms. The molecule has 4 N–H and O–H groups in total. The zero-order chi connectivity index (χ0) is 11.6. The minimum Gasteiger partial charge on any atom is -0.457 e. The first kappa shape index (κ1) is 12.3. The van der Waals surface area contributed by atoms with Gasteiger partial charge in [0.2, 0.25) is 0 Å². The van der Waals surface area contributed by atoms with Crippen LogP contribution in [0.4, 0.5) is 0 Å². The summed E-state index contributed by atoms with van der Waals surface area (Å²) in [6.07, 6.45) is -6.91. The third kappa shape index (κ3) is 2.64. The number of carbonyl (C=O) groups excluding carboxylic acids is 1. The van der Waals surface area contributed by atoms with Crippen LogP contribution in [0.5, 0.6) is 0 Å². The standard InChI is InChI=1S/C8H14O7/c1-3(10)14-7-5(11)4(2-9)15-8(13)6(7)12/h4-9,11-13H,2H2,1H3/t4-,5-,6+,7+,8+/m1/s1. The maximum Gasteiger partial charge on any atom is 0.303 e. The Kier molecular flexibility index (Phi) is 4.00. The van der Waals surface area contributed by atoms with Crippen molar-refractivity contribution in [2.45, 2.75) is 37.6 Å². The second kappa shape index (κ2) is 4.86. The van der Waals surface area contributed by atoms with Crippen molar-refractivity contribution in [3.63, 3.8) is 0 Å². The quantitative estimate of drug-likeness (QED) is 0.377. The zero-order valence-electron chi connectivity index (χ0n) is 8.11. The topological polar surface area (TPSA) is 116 Å². The van der Waals surface area contributed by atoms with Crippen LogP contribution in [-0.4, -0.2) is 63.7 Å². The van der Waals surface area contributed by atoms with Crippen LogP contribution in [0.15, 0.2) is 0 Å². The highest BCUT2D eigenvalue weighted by atomic mass is 16.7. The lowest BCUT2D eigenvalue weighted by molar-refractivity contribution is -0.289. The van der Waals surface area contributed by atoms with E-state index in [0.29, 0.717) is 0 Å². The predicted molar refractivity (Wildman–Crippen MR) is 45.5 cm³/mol. The molecule has 0 aromatic carbocycles. The molecule has 1 rings (SSSR count). The Morgan fingerprint density at radius 3 is 2.40 bits per heavy atom. The first-order chi connectivity index (χ1) is 6.97. The Morgan fingerprint density at radius 2 is 1.93 bits per heavy atom. The fourth-order valence-electron chi connectivity index (χ4n) is 1.40. The van der Waals surface area contributed by atoms with Gasteiger partial charge in [0.15, 0.2) is 12.4 Å². The van der Waals surface area contributed by atoms with Crippen LogP contribution >= 0.6 is 0 Å². The van der Waals surface area contributed by atoms with Crippen molar-refractivity contribution in [2.24, 2.45) is 0 Å². The van der Waals surface area contributed by atoms with Crippen LogP contribution in [0.3, 0.4) is 0 Å². The van der Waals surface area contributed by atoms with E-state index in [1.165, 1.54) is 0 Å². The number of esters is 1. The summed E-state index contributed by atoms with van der Waals surface area (Å²) < 4.78 is 9.31. The maximum absolute atomic E-state index is 10.7. The summed E-state index contributed by atoms with van der Waals surface area (Å²) in [5, 5.41) is 36.9. The number of hydrogen-bond donors (Lipinski definition) is 4. The van der Waals surface area contributed by atoms with E-state index in [0.717, 1.165) is 6.92 Å². The van der Waals surface area contributed by atoms with E-state index in [1.54, 1.807) is 0 Å². The van der Waals surface area contributed by atoms with Gasteiger partial charge in [0, 0.05) is 6.92 Å². The van der Waals surface area contributed by atoms with Crippen LogP contribution < -0.4 is 0 Å². The first-order valence-corrected chi connectivity index (χ1v) is 4.45. The van der Waals surface area contributed by atoms with Crippen LogP contribution in [0.2, 0.25) is 0 Å². The lowest BCUT2D eigenvalue weighted by atomic mass is 9.99. The van der Waals surface area contributed by atoms with Crippen molar-refractivity contribution < 1.29 is 34.7 Å². The van der Waals surface area contributed by atoms with Crippen molar-refractivity contribution >= 4 is 5.97 Å². The minimum absolute atomic E-state index is 0.553. The molecular formula is C8H14O7. The Morgan fingerprint density at radius 1 is 1.33 bits per heavy atom. The fraction of sp³-hybridized carbons (Fsp3) is 0.875. The highest BCUT2D eigenvalue weighted by molar-refractivity contribution is 5.66. The molecule has 5 atom stereocenters. The summed E-state index contributed by atoms with van der Waals surface area (Å²) >= 11 is 0. The number of carbonyl (C=O) groups is 1. The van der Waals surface area contributed by atoms with E-state index >= 15 is 0 Å². The number of ether oxygens (including phenoxy) is 2. The van der Waals surface area contributed by atoms with E-state index in [2.05, 4.69) is 9.47 Å². The van der Waals surface area contributed by atoms with E-state index in [9.17, 15) is 20.1 Å². The van der Waals surface area contributed by atoms with Gasteiger partial charge < -0.3 is 29.9 Å². The summed E-state index contributed by atoms with van der Waals surface area (Å²) in [6, 6.07) is 0. The van der Waals surface area contributed by atoms with Gasteiger partial charge >= 0.3 is 5.97 Å². The van der Waals surface area contributed by atoms with Crippen LogP contribution in [-0.2, 0) is 14.3 Å². The molecule has 0 amide bonds. The molecule has 15 heavy (non-hydrogen) atoms. The van der Waals surface area contributed by atoms with Gasteiger partial charge in [-0.3, -0.25) is 4.79 Å². The van der Waals surface area contributed by atoms with Gasteiger partial charge in [-0.1, -0.05) is 0 Å². The number of aliphatic hydroxyl groups is 4. The average molecular weight is 222 g/mol. The monoisotopic (exact) mass is 222 g/mol. The molecule has 0 aromatic heterocycles. The molecule has 7 nitrogen and oxygen atoms in total. The van der Waals surface area contributed by atoms with Crippen LogP contribution in [0.25, 0.3) is 0 Å². The van der Waals surface area contributed by atoms with Gasteiger partial charge in [0.05, 0.1) is 6.61 Å². The van der Waals surface area contributed by atoms with E-state index < -0.39 is 43.3 Å². The summed E-state index contributed by atoms with van der Waals surface area (Å²) in [5.74, 6) is -0.705. The van der Waals surface area contributed by atoms with Crippen molar-refractivity contribution in [3.05, 3.63) is 0 Å². The molecule has 1 aliphatic rings. The van der Waals surface area contributed by atoms with Gasteiger partial charge in [-0.2, -0.15) is 0 Å². The summed E-state index contributed by atoms with van der Waals surface area (Å²) in [4.78, 5) is 10.7. The summed E-state index contributed by atoms with van der Waals surface area (Å²) in [6.45, 7) is 0.554. The molecule has 7 heteroatoms. The van der Waals surface area contributed by atoms with Crippen molar-refractivity contribution in [1.29, 1.82) is 0 Å². The normalized spacial score (nSPS) is 41.3. The fourth-order valence-corrected chi connectivity index (χ4v) is 1.40. The molecule has 0 unspecified atom stereocenters. The van der Waals surface area contributed by atoms with Gasteiger partial charge in [0.25, 0.3) is 0 Å². The molecule has 0 aliphatic carbocycles. The molecule has 0 spiro atoms. The highest BCUT2D eigenvalue weighted by Gasteiger charge is 2.45. The van der Waals surface area contributed by atoms with E-state index in [1.807, 2.05) is 0 Å². The van der Waals surface area contributed by atoms with Gasteiger partial charge in [-0.15, -0.1) is 0 Å². The summed E-state index contributed by atoms with van der Waals surface area (Å²) in [7, 11) is 0. The lowest BCUT2D eigenvalue weighted by Gasteiger charge is -2.39. The first-order valence-electron chi connectivity index (χ1n) is 4.45. The largest absolute Gasteiger partial charge is 0.457 e. The SMILES string of the molecule is CC(=O)O[C@@H]1[C@H](O)[C@@H](O)O[C@H](CO)[C@H]1O. The van der Waals surface area contributed by atoms with Gasteiger partial charge in [0.1, 0.15) is 18.3 Å². The van der Waals surface area contributed by atoms with Crippen LogP contribution in [0.1, 0.15) is 6.92 Å². The van der Waals surface area contributed by atoms with E-state index in [4.69, 9.17) is 5.11 Å². The molecular weight excluding hydrogens is 208 g/mol. The average Bonchev–Trinajstić information content (AvgIpc) is 2.18. The molecule has 1 heterocycles. The van der Waals surface area contributed by atoms with E-state index in [-0.39, 0.29) is 0 Å².